The predicted octanol–water partition coefficient (Wildman–Crippen LogP) is 4.15. The lowest BCUT2D eigenvalue weighted by Gasteiger charge is -2.27. The Labute approximate surface area is 204 Å². The van der Waals surface area contributed by atoms with Crippen LogP contribution >= 0.6 is 0 Å². The van der Waals surface area contributed by atoms with Crippen LogP contribution in [0.5, 0.6) is 5.75 Å². The summed E-state index contributed by atoms with van der Waals surface area (Å²) in [5.74, 6) is 0.574. The summed E-state index contributed by atoms with van der Waals surface area (Å²) < 4.78 is 5.91. The SMILES string of the molecule is CCCN(CCC)C(=O)[C@H](Cc1ccc(OCCN2CCCC2)cc1)NC(=O)c1ccccc1. The topological polar surface area (TPSA) is 61.9 Å². The van der Waals surface area contributed by atoms with E-state index in [1.54, 1.807) is 12.1 Å². The molecular formula is C28H39N3O3. The van der Waals surface area contributed by atoms with Crippen molar-refractivity contribution in [3.8, 4) is 5.75 Å². The summed E-state index contributed by atoms with van der Waals surface area (Å²) in [4.78, 5) is 30.6. The lowest BCUT2D eigenvalue weighted by Crippen LogP contribution is -2.50. The standard InChI is InChI=1S/C28H39N3O3/c1-3-16-31(17-4-2)28(33)26(29-27(32)24-10-6-5-7-11-24)22-23-12-14-25(15-13-23)34-21-20-30-18-8-9-19-30/h5-7,10-15,26H,3-4,8-9,16-22H2,1-2H3,(H,29,32)/t26-/m0/s1. The molecule has 34 heavy (non-hydrogen) atoms. The van der Waals surface area contributed by atoms with Gasteiger partial charge < -0.3 is 15.0 Å². The number of benzene rings is 2. The maximum atomic E-state index is 13.4. The van der Waals surface area contributed by atoms with Gasteiger partial charge >= 0.3 is 0 Å². The van der Waals surface area contributed by atoms with Crippen molar-refractivity contribution in [1.82, 2.24) is 15.1 Å². The summed E-state index contributed by atoms with van der Waals surface area (Å²) in [5.41, 5.74) is 1.55. The smallest absolute Gasteiger partial charge is 0.251 e. The molecule has 2 aromatic carbocycles. The molecule has 1 atom stereocenters. The molecule has 2 amide bonds. The number of rotatable bonds is 13. The summed E-state index contributed by atoms with van der Waals surface area (Å²) >= 11 is 0. The monoisotopic (exact) mass is 465 g/mol. The minimum absolute atomic E-state index is 0.0288. The third-order valence-electron chi connectivity index (χ3n) is 6.18. The highest BCUT2D eigenvalue weighted by atomic mass is 16.5. The van der Waals surface area contributed by atoms with Crippen LogP contribution in [0.4, 0.5) is 0 Å². The fourth-order valence-corrected chi connectivity index (χ4v) is 4.38. The lowest BCUT2D eigenvalue weighted by atomic mass is 10.0. The van der Waals surface area contributed by atoms with E-state index in [9.17, 15) is 9.59 Å². The van der Waals surface area contributed by atoms with Crippen LogP contribution in [0.25, 0.3) is 0 Å². The van der Waals surface area contributed by atoms with Gasteiger partial charge in [0, 0.05) is 31.6 Å². The number of hydrogen-bond acceptors (Lipinski definition) is 4. The van der Waals surface area contributed by atoms with E-state index in [0.29, 0.717) is 31.7 Å². The Balaban J connectivity index is 1.65. The second-order valence-electron chi connectivity index (χ2n) is 8.96. The van der Waals surface area contributed by atoms with Gasteiger partial charge in [-0.05, 0) is 68.6 Å². The fourth-order valence-electron chi connectivity index (χ4n) is 4.38. The van der Waals surface area contributed by atoms with Crippen molar-refractivity contribution in [2.24, 2.45) is 0 Å². The molecule has 1 fully saturated rings. The second kappa shape index (κ2) is 13.8. The van der Waals surface area contributed by atoms with E-state index in [2.05, 4.69) is 24.1 Å². The highest BCUT2D eigenvalue weighted by Gasteiger charge is 2.26. The molecule has 1 saturated heterocycles. The van der Waals surface area contributed by atoms with Crippen LogP contribution in [0, 0.1) is 0 Å². The molecule has 1 aliphatic heterocycles. The lowest BCUT2D eigenvalue weighted by molar-refractivity contribution is -0.133. The number of carbonyl (C=O) groups excluding carboxylic acids is 2. The van der Waals surface area contributed by atoms with Crippen LogP contribution in [0.3, 0.4) is 0 Å². The minimum atomic E-state index is -0.618. The van der Waals surface area contributed by atoms with Crippen LogP contribution < -0.4 is 10.1 Å². The zero-order valence-electron chi connectivity index (χ0n) is 20.7. The van der Waals surface area contributed by atoms with Crippen molar-refractivity contribution in [2.75, 3.05) is 39.3 Å². The van der Waals surface area contributed by atoms with Gasteiger partial charge in [0.15, 0.2) is 0 Å². The van der Waals surface area contributed by atoms with E-state index in [-0.39, 0.29) is 11.8 Å². The van der Waals surface area contributed by atoms with Gasteiger partial charge in [-0.15, -0.1) is 0 Å². The molecule has 1 aliphatic rings. The average molecular weight is 466 g/mol. The second-order valence-corrected chi connectivity index (χ2v) is 8.96. The largest absolute Gasteiger partial charge is 0.492 e. The summed E-state index contributed by atoms with van der Waals surface area (Å²) in [5, 5.41) is 2.99. The van der Waals surface area contributed by atoms with Crippen LogP contribution in [0.2, 0.25) is 0 Å². The van der Waals surface area contributed by atoms with Gasteiger partial charge in [0.2, 0.25) is 5.91 Å². The molecule has 0 unspecified atom stereocenters. The van der Waals surface area contributed by atoms with Gasteiger partial charge in [0.1, 0.15) is 18.4 Å². The maximum Gasteiger partial charge on any atom is 0.251 e. The predicted molar refractivity (Wildman–Crippen MR) is 136 cm³/mol. The first-order valence-electron chi connectivity index (χ1n) is 12.7. The quantitative estimate of drug-likeness (QED) is 0.483. The van der Waals surface area contributed by atoms with Crippen molar-refractivity contribution in [2.45, 2.75) is 52.0 Å². The maximum absolute atomic E-state index is 13.4. The van der Waals surface area contributed by atoms with E-state index >= 15 is 0 Å². The number of hydrogen-bond donors (Lipinski definition) is 1. The highest BCUT2D eigenvalue weighted by molar-refractivity contribution is 5.97. The zero-order chi connectivity index (χ0) is 24.2. The van der Waals surface area contributed by atoms with Gasteiger partial charge in [0.05, 0.1) is 0 Å². The van der Waals surface area contributed by atoms with E-state index < -0.39 is 6.04 Å². The number of nitrogens with one attached hydrogen (secondary N) is 1. The summed E-state index contributed by atoms with van der Waals surface area (Å²) in [6, 6.07) is 16.3. The Morgan fingerprint density at radius 2 is 1.62 bits per heavy atom. The van der Waals surface area contributed by atoms with Gasteiger partial charge in [0.25, 0.3) is 5.91 Å². The summed E-state index contributed by atoms with van der Waals surface area (Å²) in [7, 11) is 0. The molecule has 0 aromatic heterocycles. The van der Waals surface area contributed by atoms with Crippen LogP contribution in [0.15, 0.2) is 54.6 Å². The molecule has 2 aromatic rings. The molecule has 0 saturated carbocycles. The third kappa shape index (κ3) is 7.87. The number of amides is 2. The number of likely N-dealkylation sites (tertiary alicyclic amines) is 1. The average Bonchev–Trinajstić information content (AvgIpc) is 3.38. The van der Waals surface area contributed by atoms with Crippen molar-refractivity contribution in [1.29, 1.82) is 0 Å². The Kier molecular flexibility index (Phi) is 10.4. The Bertz CT molecular complexity index is 874. The van der Waals surface area contributed by atoms with E-state index in [1.807, 2.05) is 47.4 Å². The van der Waals surface area contributed by atoms with Crippen molar-refractivity contribution >= 4 is 11.8 Å². The van der Waals surface area contributed by atoms with Crippen molar-refractivity contribution < 1.29 is 14.3 Å². The van der Waals surface area contributed by atoms with E-state index in [4.69, 9.17) is 4.74 Å². The first-order valence-corrected chi connectivity index (χ1v) is 12.7. The van der Waals surface area contributed by atoms with Gasteiger partial charge in [-0.25, -0.2) is 0 Å². The van der Waals surface area contributed by atoms with Gasteiger partial charge in [-0.3, -0.25) is 14.5 Å². The van der Waals surface area contributed by atoms with Crippen LogP contribution in [-0.2, 0) is 11.2 Å². The van der Waals surface area contributed by atoms with Crippen molar-refractivity contribution in [3.05, 3.63) is 65.7 Å². The molecule has 0 spiro atoms. The van der Waals surface area contributed by atoms with Gasteiger partial charge in [-0.1, -0.05) is 44.2 Å². The molecule has 0 radical (unpaired) electrons. The van der Waals surface area contributed by atoms with E-state index in [0.717, 1.165) is 30.7 Å². The number of ether oxygens (including phenoxy) is 1. The minimum Gasteiger partial charge on any atom is -0.492 e. The third-order valence-corrected chi connectivity index (χ3v) is 6.18. The zero-order valence-corrected chi connectivity index (χ0v) is 20.7. The fraction of sp³-hybridized carbons (Fsp3) is 0.500. The highest BCUT2D eigenvalue weighted by Crippen LogP contribution is 2.16. The summed E-state index contributed by atoms with van der Waals surface area (Å²) in [6.45, 7) is 9.47. The van der Waals surface area contributed by atoms with Crippen molar-refractivity contribution in [3.63, 3.8) is 0 Å². The normalized spacial score (nSPS) is 14.5. The molecule has 0 bridgehead atoms. The van der Waals surface area contributed by atoms with Gasteiger partial charge in [-0.2, -0.15) is 0 Å². The first kappa shape index (κ1) is 25.8. The molecule has 6 nitrogen and oxygen atoms in total. The summed E-state index contributed by atoms with van der Waals surface area (Å²) in [6.07, 6.45) is 4.77. The first-order chi connectivity index (χ1) is 16.6. The number of carbonyl (C=O) groups is 2. The number of nitrogens with zero attached hydrogens (tertiary/aromatic N) is 2. The van der Waals surface area contributed by atoms with E-state index in [1.165, 1.54) is 25.9 Å². The molecule has 6 heteroatoms. The Hall–Kier alpha value is -2.86. The molecule has 1 heterocycles. The molecule has 184 valence electrons. The Morgan fingerprint density at radius 3 is 2.24 bits per heavy atom. The van der Waals surface area contributed by atoms with Crippen LogP contribution in [0.1, 0.15) is 55.5 Å². The Morgan fingerprint density at radius 1 is 0.971 bits per heavy atom. The van der Waals surface area contributed by atoms with Crippen LogP contribution in [-0.4, -0.2) is 67.0 Å². The molecule has 0 aliphatic carbocycles. The molecule has 1 N–H and O–H groups in total. The molecule has 3 rings (SSSR count). The molecular weight excluding hydrogens is 426 g/mol.